The van der Waals surface area contributed by atoms with Crippen LogP contribution in [0.25, 0.3) is 0 Å². The van der Waals surface area contributed by atoms with Crippen LogP contribution in [-0.4, -0.2) is 53.5 Å². The van der Waals surface area contributed by atoms with Crippen molar-refractivity contribution in [3.63, 3.8) is 0 Å². The van der Waals surface area contributed by atoms with E-state index in [0.717, 1.165) is 61.6 Å². The van der Waals surface area contributed by atoms with E-state index in [1.807, 2.05) is 20.8 Å². The second-order valence-corrected chi connectivity index (χ2v) is 9.04. The van der Waals surface area contributed by atoms with E-state index >= 15 is 0 Å². The molecular weight excluding hydrogens is 420 g/mol. The molecule has 2 heterocycles. The van der Waals surface area contributed by atoms with Gasteiger partial charge in [-0.3, -0.25) is 4.79 Å². The van der Waals surface area contributed by atoms with Gasteiger partial charge in [0, 0.05) is 31.2 Å². The fourth-order valence-electron chi connectivity index (χ4n) is 4.27. The van der Waals surface area contributed by atoms with E-state index in [1.165, 1.54) is 0 Å². The number of ether oxygens (including phenoxy) is 2. The van der Waals surface area contributed by atoms with Gasteiger partial charge in [-0.2, -0.15) is 0 Å². The largest absolute Gasteiger partial charge is 0.481 e. The molecule has 0 spiro atoms. The van der Waals surface area contributed by atoms with Gasteiger partial charge in [-0.25, -0.2) is 9.97 Å². The molecule has 180 valence electrons. The quantitative estimate of drug-likeness (QED) is 0.499. The van der Waals surface area contributed by atoms with Crippen LogP contribution in [0.2, 0.25) is 0 Å². The molecule has 0 saturated carbocycles. The Bertz CT molecular complexity index is 911. The van der Waals surface area contributed by atoms with E-state index in [2.05, 4.69) is 45.3 Å². The molecule has 0 aliphatic carbocycles. The molecule has 2 aromatic rings. The third-order valence-corrected chi connectivity index (χ3v) is 5.96. The lowest BCUT2D eigenvalue weighted by atomic mass is 9.81. The lowest BCUT2D eigenvalue weighted by Gasteiger charge is -2.37. The molecule has 1 aliphatic rings. The van der Waals surface area contributed by atoms with Crippen LogP contribution >= 0.6 is 0 Å². The zero-order valence-electron chi connectivity index (χ0n) is 20.1. The van der Waals surface area contributed by atoms with Crippen molar-refractivity contribution in [2.45, 2.75) is 64.8 Å². The van der Waals surface area contributed by atoms with Gasteiger partial charge >= 0.3 is 12.0 Å². The van der Waals surface area contributed by atoms with Gasteiger partial charge in [0.15, 0.2) is 0 Å². The Kier molecular flexibility index (Phi) is 8.49. The standard InChI is InChI=1S/C25H36N4O4/c1-5-11-29(20-9-12-32-13-10-20)22-8-7-18(25(3,4)15-23(30)31)14-21(22)28-19-16-26-24(27-17-19)33-6-2/h7-8,14,16-17,20,28H,5-6,9-13,15H2,1-4H3,(H,30,31). The summed E-state index contributed by atoms with van der Waals surface area (Å²) in [4.78, 5) is 22.4. The van der Waals surface area contributed by atoms with Gasteiger partial charge in [-0.1, -0.05) is 26.8 Å². The third-order valence-electron chi connectivity index (χ3n) is 5.96. The molecule has 0 atom stereocenters. The first-order chi connectivity index (χ1) is 15.8. The number of hydrogen-bond acceptors (Lipinski definition) is 7. The first-order valence-corrected chi connectivity index (χ1v) is 11.8. The lowest BCUT2D eigenvalue weighted by molar-refractivity contribution is -0.138. The molecule has 8 heteroatoms. The Labute approximate surface area is 196 Å². The number of rotatable bonds is 11. The Morgan fingerprint density at radius 3 is 2.55 bits per heavy atom. The zero-order chi connectivity index (χ0) is 23.8. The Hall–Kier alpha value is -2.87. The number of carbonyl (C=O) groups is 1. The molecule has 1 aromatic heterocycles. The van der Waals surface area contributed by atoms with Gasteiger partial charge in [0.1, 0.15) is 0 Å². The third kappa shape index (κ3) is 6.57. The first kappa shape index (κ1) is 24.8. The van der Waals surface area contributed by atoms with Crippen LogP contribution in [0.5, 0.6) is 6.01 Å². The monoisotopic (exact) mass is 456 g/mol. The van der Waals surface area contributed by atoms with Gasteiger partial charge < -0.3 is 24.8 Å². The predicted octanol–water partition coefficient (Wildman–Crippen LogP) is 4.77. The summed E-state index contributed by atoms with van der Waals surface area (Å²) in [6.45, 7) is 11.0. The number of nitrogens with zero attached hydrogens (tertiary/aromatic N) is 3. The van der Waals surface area contributed by atoms with E-state index in [0.29, 0.717) is 18.7 Å². The maximum absolute atomic E-state index is 11.5. The maximum atomic E-state index is 11.5. The van der Waals surface area contributed by atoms with Crippen molar-refractivity contribution >= 4 is 23.0 Å². The van der Waals surface area contributed by atoms with Crippen LogP contribution in [0, 0.1) is 0 Å². The molecule has 33 heavy (non-hydrogen) atoms. The van der Waals surface area contributed by atoms with E-state index in [4.69, 9.17) is 9.47 Å². The molecule has 8 nitrogen and oxygen atoms in total. The minimum Gasteiger partial charge on any atom is -0.481 e. The van der Waals surface area contributed by atoms with Crippen LogP contribution in [-0.2, 0) is 14.9 Å². The average Bonchev–Trinajstić information content (AvgIpc) is 2.79. The fraction of sp³-hybridized carbons (Fsp3) is 0.560. The Morgan fingerprint density at radius 2 is 1.94 bits per heavy atom. The summed E-state index contributed by atoms with van der Waals surface area (Å²) in [5.74, 6) is -0.812. The summed E-state index contributed by atoms with van der Waals surface area (Å²) in [6.07, 6.45) is 6.45. The second kappa shape index (κ2) is 11.3. The average molecular weight is 457 g/mol. The molecule has 1 saturated heterocycles. The van der Waals surface area contributed by atoms with Crippen LogP contribution in [0.3, 0.4) is 0 Å². The summed E-state index contributed by atoms with van der Waals surface area (Å²) < 4.78 is 11.0. The van der Waals surface area contributed by atoms with Crippen molar-refractivity contribution < 1.29 is 19.4 Å². The molecule has 0 amide bonds. The number of anilines is 3. The van der Waals surface area contributed by atoms with Crippen molar-refractivity contribution in [1.82, 2.24) is 9.97 Å². The number of nitrogens with one attached hydrogen (secondary N) is 1. The SMILES string of the molecule is CCCN(c1ccc(C(C)(C)CC(=O)O)cc1Nc1cnc(OCC)nc1)C1CCOCC1. The number of aromatic nitrogens is 2. The topological polar surface area (TPSA) is 96.8 Å². The predicted molar refractivity (Wildman–Crippen MR) is 130 cm³/mol. The number of benzene rings is 1. The van der Waals surface area contributed by atoms with Crippen molar-refractivity contribution in [3.8, 4) is 6.01 Å². The highest BCUT2D eigenvalue weighted by Gasteiger charge is 2.28. The summed E-state index contributed by atoms with van der Waals surface area (Å²) in [5, 5.41) is 12.9. The summed E-state index contributed by atoms with van der Waals surface area (Å²) >= 11 is 0. The lowest BCUT2D eigenvalue weighted by Crippen LogP contribution is -2.40. The van der Waals surface area contributed by atoms with Gasteiger partial charge in [0.05, 0.1) is 42.5 Å². The Balaban J connectivity index is 2.00. The highest BCUT2D eigenvalue weighted by atomic mass is 16.5. The minimum atomic E-state index is -0.812. The number of carboxylic acids is 1. The van der Waals surface area contributed by atoms with E-state index in [1.54, 1.807) is 12.4 Å². The molecule has 0 unspecified atom stereocenters. The summed E-state index contributed by atoms with van der Waals surface area (Å²) in [5.41, 5.74) is 3.21. The molecule has 1 aliphatic heterocycles. The van der Waals surface area contributed by atoms with Crippen molar-refractivity contribution in [1.29, 1.82) is 0 Å². The number of carboxylic acid groups (broad SMARTS) is 1. The van der Waals surface area contributed by atoms with Gasteiger partial charge in [-0.05, 0) is 43.9 Å². The summed E-state index contributed by atoms with van der Waals surface area (Å²) in [7, 11) is 0. The molecule has 2 N–H and O–H groups in total. The van der Waals surface area contributed by atoms with Gasteiger partial charge in [0.2, 0.25) is 0 Å². The molecule has 0 bridgehead atoms. The minimum absolute atomic E-state index is 0.0522. The van der Waals surface area contributed by atoms with E-state index in [-0.39, 0.29) is 6.42 Å². The molecule has 1 fully saturated rings. The highest BCUT2D eigenvalue weighted by molar-refractivity contribution is 5.77. The smallest absolute Gasteiger partial charge is 0.316 e. The fourth-order valence-corrected chi connectivity index (χ4v) is 4.27. The molecule has 0 radical (unpaired) electrons. The van der Waals surface area contributed by atoms with E-state index in [9.17, 15) is 9.90 Å². The molecular formula is C25H36N4O4. The van der Waals surface area contributed by atoms with Crippen LogP contribution in [0.4, 0.5) is 17.1 Å². The highest BCUT2D eigenvalue weighted by Crippen LogP contribution is 2.37. The van der Waals surface area contributed by atoms with E-state index < -0.39 is 11.4 Å². The summed E-state index contributed by atoms with van der Waals surface area (Å²) in [6, 6.07) is 6.97. The first-order valence-electron chi connectivity index (χ1n) is 11.8. The van der Waals surface area contributed by atoms with Crippen molar-refractivity contribution in [3.05, 3.63) is 36.2 Å². The van der Waals surface area contributed by atoms with Crippen molar-refractivity contribution in [2.75, 3.05) is 36.6 Å². The molecule has 1 aromatic carbocycles. The maximum Gasteiger partial charge on any atom is 0.316 e. The van der Waals surface area contributed by atoms with Crippen LogP contribution in [0.1, 0.15) is 58.9 Å². The number of aliphatic carboxylic acids is 1. The molecule has 3 rings (SSSR count). The zero-order valence-corrected chi connectivity index (χ0v) is 20.1. The van der Waals surface area contributed by atoms with Crippen LogP contribution in [0.15, 0.2) is 30.6 Å². The normalized spacial score (nSPS) is 14.7. The Morgan fingerprint density at radius 1 is 1.24 bits per heavy atom. The number of hydrogen-bond donors (Lipinski definition) is 2. The second-order valence-electron chi connectivity index (χ2n) is 9.04. The van der Waals surface area contributed by atoms with Gasteiger partial charge in [-0.15, -0.1) is 0 Å². The van der Waals surface area contributed by atoms with Crippen molar-refractivity contribution in [2.24, 2.45) is 0 Å². The van der Waals surface area contributed by atoms with Crippen LogP contribution < -0.4 is 15.0 Å². The van der Waals surface area contributed by atoms with Gasteiger partial charge in [0.25, 0.3) is 0 Å².